The minimum Gasteiger partial charge on any atom is -0.475 e. The highest BCUT2D eigenvalue weighted by molar-refractivity contribution is 6.30. The number of pyridine rings is 2. The summed E-state index contributed by atoms with van der Waals surface area (Å²) in [6.07, 6.45) is 1.43. The number of fused-ring (bicyclic) bond motifs is 5. The van der Waals surface area contributed by atoms with Crippen molar-refractivity contribution in [3.63, 3.8) is 0 Å². The molecule has 166 valence electrons. The summed E-state index contributed by atoms with van der Waals surface area (Å²) in [7, 11) is 0. The molecule has 2 bridgehead atoms. The first-order chi connectivity index (χ1) is 14.6. The average Bonchev–Trinajstić information content (AvgIpc) is 2.92. The number of piperazine rings is 1. The van der Waals surface area contributed by atoms with Crippen LogP contribution in [0.25, 0.3) is 10.8 Å². The lowest BCUT2D eigenvalue weighted by Gasteiger charge is -2.46. The van der Waals surface area contributed by atoms with Gasteiger partial charge in [0.25, 0.3) is 0 Å². The fourth-order valence-electron chi connectivity index (χ4n) is 5.11. The first-order valence-corrected chi connectivity index (χ1v) is 11.0. The number of hydrogen-bond donors (Lipinski definition) is 0. The van der Waals surface area contributed by atoms with E-state index in [1.54, 1.807) is 0 Å². The van der Waals surface area contributed by atoms with Crippen LogP contribution in [0.4, 0.5) is 15.0 Å². The van der Waals surface area contributed by atoms with Crippen molar-refractivity contribution in [2.45, 2.75) is 71.2 Å². The molecule has 1 amide bonds. The molecule has 5 rings (SSSR count). The second-order valence-corrected chi connectivity index (χ2v) is 9.99. The van der Waals surface area contributed by atoms with Gasteiger partial charge in [-0.3, -0.25) is 4.90 Å². The van der Waals surface area contributed by atoms with E-state index in [1.165, 1.54) is 0 Å². The topological polar surface area (TPSA) is 67.8 Å². The molecule has 0 aromatic carbocycles. The van der Waals surface area contributed by atoms with Gasteiger partial charge >= 0.3 is 6.09 Å². The maximum atomic E-state index is 15.0. The summed E-state index contributed by atoms with van der Waals surface area (Å²) in [5, 5.41) is 0.747. The molecule has 7 nitrogen and oxygen atoms in total. The molecule has 2 fully saturated rings. The molecule has 9 heteroatoms. The monoisotopic (exact) mass is 448 g/mol. The minimum atomic E-state index is -0.566. The normalized spacial score (nSPS) is 24.7. The highest BCUT2D eigenvalue weighted by Crippen LogP contribution is 2.45. The number of ether oxygens (including phenoxy) is 2. The van der Waals surface area contributed by atoms with Gasteiger partial charge in [0.2, 0.25) is 5.88 Å². The van der Waals surface area contributed by atoms with Gasteiger partial charge < -0.3 is 14.4 Å². The summed E-state index contributed by atoms with van der Waals surface area (Å²) in [5.41, 5.74) is 0.889. The van der Waals surface area contributed by atoms with Crippen LogP contribution in [-0.2, 0) is 4.74 Å². The summed E-state index contributed by atoms with van der Waals surface area (Å²) >= 11 is 6.10. The third kappa shape index (κ3) is 3.10. The zero-order valence-electron chi connectivity index (χ0n) is 18.3. The first kappa shape index (κ1) is 20.5. The number of aromatic nitrogens is 2. The minimum absolute atomic E-state index is 0.00113. The Kier molecular flexibility index (Phi) is 4.52. The molecule has 2 saturated heterocycles. The molecule has 0 spiro atoms. The Hall–Kier alpha value is -2.35. The molecule has 0 N–H and O–H groups in total. The van der Waals surface area contributed by atoms with Crippen molar-refractivity contribution in [1.82, 2.24) is 14.9 Å². The van der Waals surface area contributed by atoms with E-state index >= 15 is 4.39 Å². The molecule has 5 heterocycles. The standard InChI is InChI=1S/C22H26ClFN4O3/c1-10-11(2)25-19-16-15(10)17(24)18(23)26-20(16)30-9-14-13-7-6-12(8-27(14)19)28(13)21(29)31-22(3,4)5/h12-14H,6-9H2,1-5H3/t12-,13+,14-/m1/s1. The van der Waals surface area contributed by atoms with Gasteiger partial charge in [0.05, 0.1) is 23.5 Å². The Balaban J connectivity index is 1.62. The van der Waals surface area contributed by atoms with Crippen LogP contribution in [0, 0.1) is 19.7 Å². The van der Waals surface area contributed by atoms with Crippen molar-refractivity contribution < 1.29 is 18.7 Å². The maximum absolute atomic E-state index is 15.0. The van der Waals surface area contributed by atoms with Crippen molar-refractivity contribution >= 4 is 34.3 Å². The Morgan fingerprint density at radius 2 is 1.94 bits per heavy atom. The van der Waals surface area contributed by atoms with Gasteiger partial charge in [-0.15, -0.1) is 0 Å². The Morgan fingerprint density at radius 1 is 1.19 bits per heavy atom. The predicted octanol–water partition coefficient (Wildman–Crippen LogP) is 4.39. The SMILES string of the molecule is Cc1nc2c3c(nc(Cl)c(F)c3c1C)OC[C@@H]1[C@@H]3CC[C@H](CN21)N3C(=O)OC(C)(C)C. The van der Waals surface area contributed by atoms with E-state index < -0.39 is 11.4 Å². The van der Waals surface area contributed by atoms with Gasteiger partial charge in [-0.25, -0.2) is 14.2 Å². The first-order valence-electron chi connectivity index (χ1n) is 10.6. The molecule has 0 aliphatic carbocycles. The van der Waals surface area contributed by atoms with Gasteiger partial charge in [0.15, 0.2) is 11.0 Å². The third-order valence-electron chi connectivity index (χ3n) is 6.54. The van der Waals surface area contributed by atoms with Gasteiger partial charge in [-0.1, -0.05) is 11.6 Å². The summed E-state index contributed by atoms with van der Waals surface area (Å²) < 4.78 is 26.8. The van der Waals surface area contributed by atoms with Crippen LogP contribution in [0.2, 0.25) is 5.15 Å². The predicted molar refractivity (Wildman–Crippen MR) is 115 cm³/mol. The summed E-state index contributed by atoms with van der Waals surface area (Å²) in [5.74, 6) is 0.391. The third-order valence-corrected chi connectivity index (χ3v) is 6.79. The quantitative estimate of drug-likeness (QED) is 0.557. The van der Waals surface area contributed by atoms with Crippen molar-refractivity contribution in [2.24, 2.45) is 0 Å². The van der Waals surface area contributed by atoms with Crippen LogP contribution >= 0.6 is 11.6 Å². The number of halogens is 2. The molecule has 0 saturated carbocycles. The van der Waals surface area contributed by atoms with E-state index in [0.717, 1.165) is 24.1 Å². The molecule has 2 aromatic rings. The van der Waals surface area contributed by atoms with E-state index in [9.17, 15) is 4.79 Å². The molecule has 3 aliphatic rings. The number of carbonyl (C=O) groups excluding carboxylic acids is 1. The lowest BCUT2D eigenvalue weighted by Crippen LogP contribution is -2.63. The van der Waals surface area contributed by atoms with Crippen LogP contribution in [0.3, 0.4) is 0 Å². The molecule has 3 aliphatic heterocycles. The molecule has 31 heavy (non-hydrogen) atoms. The highest BCUT2D eigenvalue weighted by Gasteiger charge is 2.51. The van der Waals surface area contributed by atoms with E-state index in [2.05, 4.69) is 9.88 Å². The van der Waals surface area contributed by atoms with E-state index in [4.69, 9.17) is 26.1 Å². The van der Waals surface area contributed by atoms with Gasteiger partial charge in [-0.2, -0.15) is 4.98 Å². The fraction of sp³-hybridized carbons (Fsp3) is 0.591. The highest BCUT2D eigenvalue weighted by atomic mass is 35.5. The summed E-state index contributed by atoms with van der Waals surface area (Å²) in [4.78, 5) is 26.0. The molecular weight excluding hydrogens is 423 g/mol. The van der Waals surface area contributed by atoms with Gasteiger partial charge in [0.1, 0.15) is 18.0 Å². The zero-order valence-corrected chi connectivity index (χ0v) is 19.1. The number of aryl methyl sites for hydroxylation is 2. The lowest BCUT2D eigenvalue weighted by atomic mass is 10.0. The van der Waals surface area contributed by atoms with E-state index in [1.807, 2.05) is 39.5 Å². The second kappa shape index (κ2) is 6.82. The maximum Gasteiger partial charge on any atom is 0.410 e. The van der Waals surface area contributed by atoms with Crippen LogP contribution < -0.4 is 9.64 Å². The van der Waals surface area contributed by atoms with Gasteiger partial charge in [0, 0.05) is 17.6 Å². The van der Waals surface area contributed by atoms with E-state index in [-0.39, 0.29) is 29.4 Å². The van der Waals surface area contributed by atoms with Crippen LogP contribution in [0.1, 0.15) is 44.9 Å². The number of rotatable bonds is 0. The second-order valence-electron chi connectivity index (χ2n) is 9.63. The smallest absolute Gasteiger partial charge is 0.410 e. The number of amides is 1. The largest absolute Gasteiger partial charge is 0.475 e. The van der Waals surface area contributed by atoms with Crippen molar-refractivity contribution in [3.05, 3.63) is 22.2 Å². The summed E-state index contributed by atoms with van der Waals surface area (Å²) in [6.45, 7) is 10.2. The van der Waals surface area contributed by atoms with Crippen LogP contribution in [0.5, 0.6) is 5.88 Å². The number of hydrogen-bond acceptors (Lipinski definition) is 6. The Bertz CT molecular complexity index is 1090. The zero-order chi connectivity index (χ0) is 22.2. The number of anilines is 1. The average molecular weight is 449 g/mol. The van der Waals surface area contributed by atoms with Crippen molar-refractivity contribution in [2.75, 3.05) is 18.1 Å². The fourth-order valence-corrected chi connectivity index (χ4v) is 5.28. The molecule has 0 radical (unpaired) electrons. The van der Waals surface area contributed by atoms with Crippen LogP contribution in [-0.4, -0.2) is 57.8 Å². The van der Waals surface area contributed by atoms with Crippen molar-refractivity contribution in [3.8, 4) is 5.88 Å². The van der Waals surface area contributed by atoms with Crippen LogP contribution in [0.15, 0.2) is 0 Å². The molecular formula is C22H26ClFN4O3. The van der Waals surface area contributed by atoms with E-state index in [0.29, 0.717) is 35.6 Å². The number of carbonyl (C=O) groups is 1. The van der Waals surface area contributed by atoms with Crippen molar-refractivity contribution in [1.29, 1.82) is 0 Å². The summed E-state index contributed by atoms with van der Waals surface area (Å²) in [6, 6.07) is -0.219. The molecule has 0 unspecified atom stereocenters. The molecule has 2 aromatic heterocycles. The lowest BCUT2D eigenvalue weighted by molar-refractivity contribution is 0.00540. The Morgan fingerprint density at radius 3 is 2.65 bits per heavy atom. The molecule has 3 atom stereocenters. The number of nitrogens with zero attached hydrogens (tertiary/aromatic N) is 4. The Labute approximate surface area is 185 Å². The van der Waals surface area contributed by atoms with Gasteiger partial charge in [-0.05, 0) is 53.0 Å².